The van der Waals surface area contributed by atoms with Gasteiger partial charge in [-0.2, -0.15) is 0 Å². The number of benzene rings is 1. The quantitative estimate of drug-likeness (QED) is 0.711. The van der Waals surface area contributed by atoms with Gasteiger partial charge in [0.15, 0.2) is 5.78 Å². The molecule has 0 aromatic heterocycles. The monoisotopic (exact) mass is 178 g/mol. The zero-order chi connectivity index (χ0) is 9.42. The summed E-state index contributed by atoms with van der Waals surface area (Å²) in [5, 5.41) is 9.23. The fourth-order valence-electron chi connectivity index (χ4n) is 1.67. The summed E-state index contributed by atoms with van der Waals surface area (Å²) in [7, 11) is 1.57. The molecule has 3 nitrogen and oxygen atoms in total. The molecule has 0 spiro atoms. The lowest BCUT2D eigenvalue weighted by Gasteiger charge is -2.07. The average molecular weight is 178 g/mol. The first kappa shape index (κ1) is 8.26. The maximum absolute atomic E-state index is 11.4. The third kappa shape index (κ3) is 1.21. The van der Waals surface area contributed by atoms with Crippen LogP contribution in [0.15, 0.2) is 18.2 Å². The highest BCUT2D eigenvalue weighted by atomic mass is 16.5. The van der Waals surface area contributed by atoms with E-state index in [-0.39, 0.29) is 17.6 Å². The predicted molar refractivity (Wildman–Crippen MR) is 46.8 cm³/mol. The van der Waals surface area contributed by atoms with Gasteiger partial charge in [0.25, 0.3) is 0 Å². The van der Waals surface area contributed by atoms with Crippen LogP contribution in [-0.2, 0) is 4.74 Å². The van der Waals surface area contributed by atoms with Gasteiger partial charge in [0, 0.05) is 19.1 Å². The van der Waals surface area contributed by atoms with Crippen molar-refractivity contribution >= 4 is 5.78 Å². The number of ketones is 1. The second-order valence-electron chi connectivity index (χ2n) is 3.12. The SMILES string of the molecule is COC1CC(=O)c2ccc(O)cc21. The number of phenolic OH excluding ortho intramolecular Hbond substituents is 1. The summed E-state index contributed by atoms with van der Waals surface area (Å²) in [4.78, 5) is 11.4. The molecule has 1 aliphatic carbocycles. The van der Waals surface area contributed by atoms with Crippen LogP contribution in [0.3, 0.4) is 0 Å². The highest BCUT2D eigenvalue weighted by molar-refractivity contribution is 6.01. The van der Waals surface area contributed by atoms with E-state index < -0.39 is 0 Å². The highest BCUT2D eigenvalue weighted by Crippen LogP contribution is 2.35. The summed E-state index contributed by atoms with van der Waals surface area (Å²) in [6.07, 6.45) is 0.199. The zero-order valence-electron chi connectivity index (χ0n) is 7.28. The topological polar surface area (TPSA) is 46.5 Å². The first-order valence-corrected chi connectivity index (χ1v) is 4.11. The number of Topliss-reactive ketones (excluding diaryl/α,β-unsaturated/α-hetero) is 1. The Balaban J connectivity index is 2.52. The minimum Gasteiger partial charge on any atom is -0.508 e. The number of methoxy groups -OCH3 is 1. The molecule has 0 saturated carbocycles. The van der Waals surface area contributed by atoms with Gasteiger partial charge in [-0.15, -0.1) is 0 Å². The summed E-state index contributed by atoms with van der Waals surface area (Å²) in [6.45, 7) is 0. The molecule has 0 heterocycles. The number of carbonyl (C=O) groups is 1. The van der Waals surface area contributed by atoms with E-state index >= 15 is 0 Å². The van der Waals surface area contributed by atoms with Crippen LogP contribution in [0.25, 0.3) is 0 Å². The highest BCUT2D eigenvalue weighted by Gasteiger charge is 2.29. The van der Waals surface area contributed by atoms with Gasteiger partial charge in [0.1, 0.15) is 5.75 Å². The normalized spacial score (nSPS) is 20.4. The third-order valence-corrected chi connectivity index (χ3v) is 2.34. The number of rotatable bonds is 1. The molecule has 0 aliphatic heterocycles. The molecule has 0 fully saturated rings. The number of carbonyl (C=O) groups excluding carboxylic acids is 1. The van der Waals surface area contributed by atoms with Crippen LogP contribution >= 0.6 is 0 Å². The van der Waals surface area contributed by atoms with Gasteiger partial charge >= 0.3 is 0 Å². The first-order valence-electron chi connectivity index (χ1n) is 4.11. The van der Waals surface area contributed by atoms with Crippen molar-refractivity contribution < 1.29 is 14.6 Å². The Morgan fingerprint density at radius 1 is 1.54 bits per heavy atom. The number of hydrogen-bond donors (Lipinski definition) is 1. The molecule has 2 rings (SSSR count). The largest absolute Gasteiger partial charge is 0.508 e. The van der Waals surface area contributed by atoms with Crippen LogP contribution in [0.1, 0.15) is 28.4 Å². The summed E-state index contributed by atoms with van der Waals surface area (Å²) in [5.41, 5.74) is 1.47. The number of fused-ring (bicyclic) bond motifs is 1. The Hall–Kier alpha value is -1.35. The van der Waals surface area contributed by atoms with E-state index in [0.717, 1.165) is 5.56 Å². The minimum absolute atomic E-state index is 0.0850. The molecule has 1 N–H and O–H groups in total. The molecule has 0 saturated heterocycles. The number of phenols is 1. The van der Waals surface area contributed by atoms with E-state index in [0.29, 0.717) is 12.0 Å². The summed E-state index contributed by atoms with van der Waals surface area (Å²) < 4.78 is 5.13. The third-order valence-electron chi connectivity index (χ3n) is 2.34. The van der Waals surface area contributed by atoms with E-state index in [1.54, 1.807) is 19.2 Å². The van der Waals surface area contributed by atoms with Crippen molar-refractivity contribution in [1.82, 2.24) is 0 Å². The maximum Gasteiger partial charge on any atom is 0.166 e. The molecule has 0 bridgehead atoms. The fourth-order valence-corrected chi connectivity index (χ4v) is 1.67. The lowest BCUT2D eigenvalue weighted by molar-refractivity contribution is 0.0811. The van der Waals surface area contributed by atoms with Crippen molar-refractivity contribution in [2.24, 2.45) is 0 Å². The Kier molecular flexibility index (Phi) is 1.81. The standard InChI is InChI=1S/C10H10O3/c1-13-10-5-9(12)7-3-2-6(11)4-8(7)10/h2-4,10-11H,5H2,1H3. The van der Waals surface area contributed by atoms with Gasteiger partial charge < -0.3 is 9.84 Å². The number of ether oxygens (including phenoxy) is 1. The molecular weight excluding hydrogens is 168 g/mol. The van der Waals surface area contributed by atoms with Crippen LogP contribution in [0, 0.1) is 0 Å². The Morgan fingerprint density at radius 2 is 2.31 bits per heavy atom. The molecule has 13 heavy (non-hydrogen) atoms. The van der Waals surface area contributed by atoms with Crippen molar-refractivity contribution in [2.75, 3.05) is 7.11 Å². The van der Waals surface area contributed by atoms with Crippen molar-refractivity contribution in [1.29, 1.82) is 0 Å². The van der Waals surface area contributed by atoms with E-state index in [2.05, 4.69) is 0 Å². The average Bonchev–Trinajstić information content (AvgIpc) is 2.42. The lowest BCUT2D eigenvalue weighted by atomic mass is 10.1. The van der Waals surface area contributed by atoms with E-state index in [1.165, 1.54) is 6.07 Å². The van der Waals surface area contributed by atoms with Crippen LogP contribution in [0.2, 0.25) is 0 Å². The van der Waals surface area contributed by atoms with Crippen molar-refractivity contribution in [3.63, 3.8) is 0 Å². The van der Waals surface area contributed by atoms with Crippen LogP contribution in [0.5, 0.6) is 5.75 Å². The molecule has 0 radical (unpaired) electrons. The molecule has 1 unspecified atom stereocenters. The molecule has 1 atom stereocenters. The molecule has 68 valence electrons. The van der Waals surface area contributed by atoms with Gasteiger partial charge in [-0.25, -0.2) is 0 Å². The Bertz CT molecular complexity index is 357. The molecule has 1 aromatic carbocycles. The van der Waals surface area contributed by atoms with Gasteiger partial charge in [-0.3, -0.25) is 4.79 Å². The molecule has 3 heteroatoms. The smallest absolute Gasteiger partial charge is 0.166 e. The second kappa shape index (κ2) is 2.85. The Labute approximate surface area is 76.0 Å². The zero-order valence-corrected chi connectivity index (χ0v) is 7.28. The van der Waals surface area contributed by atoms with Gasteiger partial charge in [0.2, 0.25) is 0 Å². The summed E-state index contributed by atoms with van der Waals surface area (Å²) in [5.74, 6) is 0.261. The minimum atomic E-state index is -0.186. The van der Waals surface area contributed by atoms with E-state index in [4.69, 9.17) is 4.74 Å². The molecular formula is C10H10O3. The van der Waals surface area contributed by atoms with Crippen molar-refractivity contribution in [2.45, 2.75) is 12.5 Å². The van der Waals surface area contributed by atoms with Crippen LogP contribution in [-0.4, -0.2) is 18.0 Å². The molecule has 1 aliphatic rings. The number of aromatic hydroxyl groups is 1. The van der Waals surface area contributed by atoms with Crippen LogP contribution < -0.4 is 0 Å². The van der Waals surface area contributed by atoms with Crippen molar-refractivity contribution in [3.05, 3.63) is 29.3 Å². The van der Waals surface area contributed by atoms with E-state index in [1.807, 2.05) is 0 Å². The predicted octanol–water partition coefficient (Wildman–Crippen LogP) is 1.67. The molecule has 1 aromatic rings. The fraction of sp³-hybridized carbons (Fsp3) is 0.300. The van der Waals surface area contributed by atoms with Crippen LogP contribution in [0.4, 0.5) is 0 Å². The Morgan fingerprint density at radius 3 is 3.00 bits per heavy atom. The summed E-state index contributed by atoms with van der Waals surface area (Å²) >= 11 is 0. The number of hydrogen-bond acceptors (Lipinski definition) is 3. The first-order chi connectivity index (χ1) is 6.22. The second-order valence-corrected chi connectivity index (χ2v) is 3.12. The van der Waals surface area contributed by atoms with Gasteiger partial charge in [-0.1, -0.05) is 0 Å². The van der Waals surface area contributed by atoms with Crippen molar-refractivity contribution in [3.8, 4) is 5.75 Å². The lowest BCUT2D eigenvalue weighted by Crippen LogP contribution is -1.95. The molecule has 0 amide bonds. The summed E-state index contributed by atoms with van der Waals surface area (Å²) in [6, 6.07) is 4.76. The maximum atomic E-state index is 11.4. The van der Waals surface area contributed by atoms with Gasteiger partial charge in [-0.05, 0) is 23.8 Å². The van der Waals surface area contributed by atoms with Gasteiger partial charge in [0.05, 0.1) is 6.10 Å². The van der Waals surface area contributed by atoms with E-state index in [9.17, 15) is 9.90 Å².